The van der Waals surface area contributed by atoms with Gasteiger partial charge < -0.3 is 9.29 Å². The summed E-state index contributed by atoms with van der Waals surface area (Å²) in [5.41, 5.74) is 0. The summed E-state index contributed by atoms with van der Waals surface area (Å²) in [6.45, 7) is 0.361. The van der Waals surface area contributed by atoms with Gasteiger partial charge in [-0.15, -0.1) is 0 Å². The highest BCUT2D eigenvalue weighted by atomic mass is 32.2. The summed E-state index contributed by atoms with van der Waals surface area (Å²) < 4.78 is 4.75. The number of aliphatic carboxylic acids is 1. The Morgan fingerprint density at radius 2 is 2.62 bits per heavy atom. The highest BCUT2D eigenvalue weighted by molar-refractivity contribution is 7.94. The zero-order chi connectivity index (χ0) is 5.98. The molecule has 8 heavy (non-hydrogen) atoms. The highest BCUT2D eigenvalue weighted by Crippen LogP contribution is 2.19. The van der Waals surface area contributed by atoms with E-state index in [0.717, 1.165) is 0 Å². The van der Waals surface area contributed by atoms with Crippen molar-refractivity contribution in [3.05, 3.63) is 0 Å². The second kappa shape index (κ2) is 2.37. The Balaban J connectivity index is 2.35. The first-order valence-corrected chi connectivity index (χ1v) is 3.19. The first kappa shape index (κ1) is 5.91. The van der Waals surface area contributed by atoms with E-state index in [1.54, 1.807) is 0 Å². The lowest BCUT2D eigenvalue weighted by molar-refractivity contribution is -0.141. The molecular formula is C4H6O3S. The maximum Gasteiger partial charge on any atom is 0.309 e. The van der Waals surface area contributed by atoms with E-state index in [2.05, 4.69) is 0 Å². The largest absolute Gasteiger partial charge is 0.481 e. The van der Waals surface area contributed by atoms with Crippen LogP contribution in [-0.4, -0.2) is 23.4 Å². The lowest BCUT2D eigenvalue weighted by atomic mass is 10.2. The number of rotatable bonds is 1. The summed E-state index contributed by atoms with van der Waals surface area (Å²) in [6.07, 6.45) is 0. The normalized spacial score (nSPS) is 28.2. The fraction of sp³-hybridized carbons (Fsp3) is 0.750. The first-order valence-electron chi connectivity index (χ1n) is 2.28. The molecule has 0 radical (unpaired) electrons. The topological polar surface area (TPSA) is 46.5 Å². The summed E-state index contributed by atoms with van der Waals surface area (Å²) in [5.74, 6) is -0.440. The number of hydrogen-bond acceptors (Lipinski definition) is 3. The Morgan fingerprint density at radius 1 is 1.88 bits per heavy atom. The Kier molecular flexibility index (Phi) is 1.75. The standard InChI is InChI=1S/C4H6O3S/c5-4(6)3-1-7-8-2-3/h3H,1-2H2,(H,5,6). The molecule has 46 valence electrons. The van der Waals surface area contributed by atoms with Gasteiger partial charge in [0.15, 0.2) is 0 Å². The predicted octanol–water partition coefficient (Wildman–Crippen LogP) is 0.366. The van der Waals surface area contributed by atoms with E-state index in [1.807, 2.05) is 0 Å². The Morgan fingerprint density at radius 3 is 2.88 bits per heavy atom. The molecular weight excluding hydrogens is 128 g/mol. The Hall–Kier alpha value is -0.220. The summed E-state index contributed by atoms with van der Waals surface area (Å²) >= 11 is 1.23. The van der Waals surface area contributed by atoms with Crippen LogP contribution in [0.15, 0.2) is 0 Å². The van der Waals surface area contributed by atoms with Crippen LogP contribution < -0.4 is 0 Å². The minimum atomic E-state index is -0.755. The number of hydrogen-bond donors (Lipinski definition) is 1. The van der Waals surface area contributed by atoms with Crippen molar-refractivity contribution in [2.45, 2.75) is 0 Å². The first-order chi connectivity index (χ1) is 3.80. The second-order valence-corrected chi connectivity index (χ2v) is 2.41. The van der Waals surface area contributed by atoms with Crippen molar-refractivity contribution >= 4 is 18.0 Å². The molecule has 0 aromatic rings. The molecule has 3 nitrogen and oxygen atoms in total. The lowest BCUT2D eigenvalue weighted by Crippen LogP contribution is -2.15. The maximum atomic E-state index is 10.1. The monoisotopic (exact) mass is 134 g/mol. The van der Waals surface area contributed by atoms with Crippen molar-refractivity contribution in [2.75, 3.05) is 12.4 Å². The van der Waals surface area contributed by atoms with E-state index in [9.17, 15) is 4.79 Å². The molecule has 0 bridgehead atoms. The van der Waals surface area contributed by atoms with Gasteiger partial charge in [0.25, 0.3) is 0 Å². The fourth-order valence-corrected chi connectivity index (χ4v) is 1.21. The molecule has 1 heterocycles. The number of carbonyl (C=O) groups is 1. The van der Waals surface area contributed by atoms with E-state index in [1.165, 1.54) is 12.0 Å². The fourth-order valence-electron chi connectivity index (χ4n) is 0.451. The third-order valence-corrected chi connectivity index (χ3v) is 1.81. The van der Waals surface area contributed by atoms with Gasteiger partial charge in [0.1, 0.15) is 0 Å². The van der Waals surface area contributed by atoms with Crippen LogP contribution in [0, 0.1) is 5.92 Å². The average Bonchev–Trinajstić information content (AvgIpc) is 2.12. The molecule has 0 aliphatic carbocycles. The third kappa shape index (κ3) is 1.14. The van der Waals surface area contributed by atoms with Gasteiger partial charge in [-0.05, 0) is 12.0 Å². The molecule has 1 atom stereocenters. The van der Waals surface area contributed by atoms with Gasteiger partial charge in [0.05, 0.1) is 12.5 Å². The van der Waals surface area contributed by atoms with Crippen molar-refractivity contribution in [3.8, 4) is 0 Å². The quantitative estimate of drug-likeness (QED) is 0.526. The molecule has 0 saturated carbocycles. The van der Waals surface area contributed by atoms with Gasteiger partial charge in [-0.1, -0.05) is 0 Å². The van der Waals surface area contributed by atoms with E-state index >= 15 is 0 Å². The lowest BCUT2D eigenvalue weighted by Gasteiger charge is -1.93. The predicted molar refractivity (Wildman–Crippen MR) is 29.5 cm³/mol. The molecule has 1 unspecified atom stereocenters. The van der Waals surface area contributed by atoms with Crippen molar-refractivity contribution in [2.24, 2.45) is 5.92 Å². The zero-order valence-electron chi connectivity index (χ0n) is 4.16. The van der Waals surface area contributed by atoms with Crippen molar-refractivity contribution in [1.82, 2.24) is 0 Å². The molecule has 1 fully saturated rings. The molecule has 0 aromatic carbocycles. The molecule has 0 spiro atoms. The summed E-state index contributed by atoms with van der Waals surface area (Å²) in [5, 5.41) is 8.32. The molecule has 0 amide bonds. The summed E-state index contributed by atoms with van der Waals surface area (Å²) in [6, 6.07) is 0. The van der Waals surface area contributed by atoms with Crippen LogP contribution in [0.2, 0.25) is 0 Å². The van der Waals surface area contributed by atoms with Crippen molar-refractivity contribution in [3.63, 3.8) is 0 Å². The Bertz CT molecular complexity index is 97.5. The molecule has 1 aliphatic rings. The van der Waals surface area contributed by atoms with Crippen molar-refractivity contribution < 1.29 is 14.1 Å². The van der Waals surface area contributed by atoms with Gasteiger partial charge in [0, 0.05) is 5.75 Å². The van der Waals surface area contributed by atoms with Crippen molar-refractivity contribution in [1.29, 1.82) is 0 Å². The average molecular weight is 134 g/mol. The van der Waals surface area contributed by atoms with E-state index in [4.69, 9.17) is 9.29 Å². The van der Waals surface area contributed by atoms with Crippen LogP contribution in [0.5, 0.6) is 0 Å². The summed E-state index contributed by atoms with van der Waals surface area (Å²) in [4.78, 5) is 10.1. The highest BCUT2D eigenvalue weighted by Gasteiger charge is 2.23. The van der Waals surface area contributed by atoms with E-state index < -0.39 is 5.97 Å². The van der Waals surface area contributed by atoms with Crippen LogP contribution in [0.25, 0.3) is 0 Å². The molecule has 1 N–H and O–H groups in total. The molecule has 0 aromatic heterocycles. The molecule has 1 rings (SSSR count). The van der Waals surface area contributed by atoms with Gasteiger partial charge >= 0.3 is 5.97 Å². The van der Waals surface area contributed by atoms with E-state index in [0.29, 0.717) is 12.4 Å². The second-order valence-electron chi connectivity index (χ2n) is 1.60. The van der Waals surface area contributed by atoms with Gasteiger partial charge in [0.2, 0.25) is 0 Å². The molecule has 1 saturated heterocycles. The smallest absolute Gasteiger partial charge is 0.309 e. The van der Waals surface area contributed by atoms with Crippen LogP contribution in [0.3, 0.4) is 0 Å². The van der Waals surface area contributed by atoms with Crippen LogP contribution in [0.1, 0.15) is 0 Å². The SMILES string of the molecule is O=C(O)C1COSC1. The van der Waals surface area contributed by atoms with E-state index in [-0.39, 0.29) is 5.92 Å². The van der Waals surface area contributed by atoms with Gasteiger partial charge in [-0.25, -0.2) is 0 Å². The van der Waals surface area contributed by atoms with Crippen LogP contribution in [0.4, 0.5) is 0 Å². The minimum absolute atomic E-state index is 0.278. The van der Waals surface area contributed by atoms with Crippen LogP contribution >= 0.6 is 12.0 Å². The molecule has 1 aliphatic heterocycles. The summed E-state index contributed by atoms with van der Waals surface area (Å²) in [7, 11) is 0. The number of carboxylic acid groups (broad SMARTS) is 1. The zero-order valence-corrected chi connectivity index (χ0v) is 4.98. The van der Waals surface area contributed by atoms with Crippen LogP contribution in [-0.2, 0) is 8.98 Å². The third-order valence-electron chi connectivity index (χ3n) is 0.971. The Labute approximate surface area is 51.2 Å². The minimum Gasteiger partial charge on any atom is -0.481 e. The molecule has 4 heteroatoms. The van der Waals surface area contributed by atoms with Gasteiger partial charge in [-0.3, -0.25) is 4.79 Å². The maximum absolute atomic E-state index is 10.1. The number of carboxylic acids is 1. The van der Waals surface area contributed by atoms with Gasteiger partial charge in [-0.2, -0.15) is 0 Å².